The summed E-state index contributed by atoms with van der Waals surface area (Å²) in [7, 11) is 1.64. The van der Waals surface area contributed by atoms with Gasteiger partial charge >= 0.3 is 6.18 Å². The topological polar surface area (TPSA) is 93.8 Å². The van der Waals surface area contributed by atoms with E-state index in [1.54, 1.807) is 18.9 Å². The fraction of sp³-hybridized carbons (Fsp3) is 0.344. The first-order valence-electron chi connectivity index (χ1n) is 14.4. The molecule has 0 fully saturated rings. The molecule has 0 atom stereocenters. The van der Waals surface area contributed by atoms with E-state index in [-0.39, 0.29) is 29.4 Å². The van der Waals surface area contributed by atoms with Crippen LogP contribution in [0.15, 0.2) is 66.7 Å². The Balaban J connectivity index is 1.36. The summed E-state index contributed by atoms with van der Waals surface area (Å²) in [6, 6.07) is 20.0. The van der Waals surface area contributed by atoms with Gasteiger partial charge in [-0.25, -0.2) is 4.98 Å². The first-order chi connectivity index (χ1) is 21.1. The molecular formula is C32H35F3N6O3. The summed E-state index contributed by atoms with van der Waals surface area (Å²) in [6.45, 7) is 5.25. The number of ether oxygens (including phenoxy) is 1. The molecule has 0 aliphatic carbocycles. The number of benzene rings is 3. The number of hydrogen-bond donors (Lipinski definition) is 2. The van der Waals surface area contributed by atoms with Gasteiger partial charge in [-0.05, 0) is 53.9 Å². The number of nitrogens with zero attached hydrogens (tertiary/aromatic N) is 4. The number of halogens is 3. The van der Waals surface area contributed by atoms with E-state index in [1.165, 1.54) is 18.2 Å². The second kappa shape index (κ2) is 13.5. The van der Waals surface area contributed by atoms with Crippen molar-refractivity contribution in [3.05, 3.63) is 83.7 Å². The van der Waals surface area contributed by atoms with E-state index in [0.29, 0.717) is 38.4 Å². The maximum Gasteiger partial charge on any atom is 0.449 e. The molecular weight excluding hydrogens is 573 g/mol. The summed E-state index contributed by atoms with van der Waals surface area (Å²) in [5.41, 5.74) is 3.54. The first-order valence-corrected chi connectivity index (χ1v) is 14.4. The van der Waals surface area contributed by atoms with E-state index >= 15 is 0 Å². The molecule has 4 aromatic rings. The van der Waals surface area contributed by atoms with Crippen molar-refractivity contribution in [2.45, 2.75) is 32.6 Å². The lowest BCUT2D eigenvalue weighted by Gasteiger charge is -2.27. The molecule has 232 valence electrons. The minimum atomic E-state index is -4.60. The predicted octanol–water partition coefficient (Wildman–Crippen LogP) is 5.29. The molecule has 44 heavy (non-hydrogen) atoms. The fourth-order valence-corrected chi connectivity index (χ4v) is 5.47. The van der Waals surface area contributed by atoms with Gasteiger partial charge in [-0.3, -0.25) is 19.4 Å². The van der Waals surface area contributed by atoms with Crippen LogP contribution in [-0.2, 0) is 28.9 Å². The predicted molar refractivity (Wildman–Crippen MR) is 162 cm³/mol. The number of carbonyl (C=O) groups excluding carboxylic acids is 2. The Labute approximate surface area is 253 Å². The minimum Gasteiger partial charge on any atom is -0.497 e. The Bertz CT molecular complexity index is 1620. The van der Waals surface area contributed by atoms with Crippen LogP contribution in [0, 0.1) is 0 Å². The molecule has 1 aliphatic heterocycles. The number of H-pyrrole nitrogens is 1. The van der Waals surface area contributed by atoms with Gasteiger partial charge in [0.1, 0.15) is 5.75 Å². The number of imidazole rings is 1. The molecule has 0 saturated heterocycles. The van der Waals surface area contributed by atoms with Crippen molar-refractivity contribution in [3.63, 3.8) is 0 Å². The standard InChI is InChI=1S/C32H35F3N6O3/c1-22(42)41-14-6-13-39(19-23-7-5-9-26(17-23)44-2)15-16-40(20-24-8-3-4-10-29(24)41)21-30(43)36-25-11-12-27-28(18-25)38-31(37-27)32(33,34)35/h3-5,7-12,17-18H,6,13-16,19-21H2,1-2H3,(H,36,43)(H,37,38). The van der Waals surface area contributed by atoms with Gasteiger partial charge in [-0.15, -0.1) is 0 Å². The van der Waals surface area contributed by atoms with Crippen molar-refractivity contribution in [2.24, 2.45) is 0 Å². The van der Waals surface area contributed by atoms with Gasteiger partial charge < -0.3 is 19.9 Å². The number of rotatable bonds is 6. The highest BCUT2D eigenvalue weighted by atomic mass is 19.4. The number of amides is 2. The van der Waals surface area contributed by atoms with Gasteiger partial charge in [-0.2, -0.15) is 13.2 Å². The molecule has 2 heterocycles. The smallest absolute Gasteiger partial charge is 0.449 e. The number of aromatic nitrogens is 2. The van der Waals surface area contributed by atoms with Crippen molar-refractivity contribution in [3.8, 4) is 5.75 Å². The SMILES string of the molecule is COc1cccc(CN2CCCN(C(C)=O)c3ccccc3CN(CC(=O)Nc3ccc4nc(C(F)(F)F)[nH]c4c3)CC2)c1. The third kappa shape index (κ3) is 7.74. The number of aromatic amines is 1. The second-order valence-electron chi connectivity index (χ2n) is 10.9. The van der Waals surface area contributed by atoms with Crippen molar-refractivity contribution in [2.75, 3.05) is 50.1 Å². The van der Waals surface area contributed by atoms with Crippen molar-refractivity contribution in [1.29, 1.82) is 0 Å². The van der Waals surface area contributed by atoms with E-state index in [0.717, 1.165) is 35.5 Å². The Morgan fingerprint density at radius 2 is 1.77 bits per heavy atom. The van der Waals surface area contributed by atoms with E-state index in [9.17, 15) is 22.8 Å². The van der Waals surface area contributed by atoms with Gasteiger partial charge in [0.25, 0.3) is 0 Å². The number of methoxy groups -OCH3 is 1. The fourth-order valence-electron chi connectivity index (χ4n) is 5.47. The second-order valence-corrected chi connectivity index (χ2v) is 10.9. The van der Waals surface area contributed by atoms with E-state index in [2.05, 4.69) is 20.2 Å². The van der Waals surface area contributed by atoms with Gasteiger partial charge in [0.15, 0.2) is 0 Å². The Morgan fingerprint density at radius 1 is 0.977 bits per heavy atom. The molecule has 1 aliphatic rings. The van der Waals surface area contributed by atoms with Crippen LogP contribution in [-0.4, -0.2) is 71.4 Å². The summed E-state index contributed by atoms with van der Waals surface area (Å²) in [4.78, 5) is 38.0. The van der Waals surface area contributed by atoms with E-state index in [4.69, 9.17) is 4.74 Å². The van der Waals surface area contributed by atoms with Crippen molar-refractivity contribution < 1.29 is 27.5 Å². The molecule has 9 nitrogen and oxygen atoms in total. The lowest BCUT2D eigenvalue weighted by Crippen LogP contribution is -2.39. The molecule has 12 heteroatoms. The van der Waals surface area contributed by atoms with E-state index in [1.807, 2.05) is 53.4 Å². The molecule has 5 rings (SSSR count). The maximum absolute atomic E-state index is 13.3. The quantitative estimate of drug-likeness (QED) is 0.309. The number of para-hydroxylation sites is 1. The summed E-state index contributed by atoms with van der Waals surface area (Å²) in [5.74, 6) is -0.672. The molecule has 1 aromatic heterocycles. The molecule has 0 radical (unpaired) electrons. The highest BCUT2D eigenvalue weighted by molar-refractivity contribution is 5.94. The van der Waals surface area contributed by atoms with Crippen LogP contribution in [0.25, 0.3) is 11.0 Å². The van der Waals surface area contributed by atoms with Crippen LogP contribution in [0.1, 0.15) is 30.3 Å². The summed E-state index contributed by atoms with van der Waals surface area (Å²) >= 11 is 0. The highest BCUT2D eigenvalue weighted by Crippen LogP contribution is 2.29. The van der Waals surface area contributed by atoms with E-state index < -0.39 is 12.0 Å². The number of fused-ring (bicyclic) bond motifs is 2. The van der Waals surface area contributed by atoms with Crippen LogP contribution < -0.4 is 15.0 Å². The third-order valence-corrected chi connectivity index (χ3v) is 7.59. The molecule has 0 bridgehead atoms. The van der Waals surface area contributed by atoms with Crippen molar-refractivity contribution in [1.82, 2.24) is 19.8 Å². The highest BCUT2D eigenvalue weighted by Gasteiger charge is 2.34. The number of alkyl halides is 3. The van der Waals surface area contributed by atoms with Crippen LogP contribution >= 0.6 is 0 Å². The summed E-state index contributed by atoms with van der Waals surface area (Å²) in [6.07, 6.45) is -3.83. The molecule has 2 N–H and O–H groups in total. The van der Waals surface area contributed by atoms with Crippen LogP contribution in [0.5, 0.6) is 5.75 Å². The Kier molecular flexibility index (Phi) is 9.50. The number of carbonyl (C=O) groups is 2. The Hall–Kier alpha value is -4.42. The average molecular weight is 609 g/mol. The first kappa shape index (κ1) is 31.0. The zero-order valence-corrected chi connectivity index (χ0v) is 24.7. The van der Waals surface area contributed by atoms with Gasteiger partial charge in [-0.1, -0.05) is 30.3 Å². The van der Waals surface area contributed by atoms with Crippen molar-refractivity contribution >= 4 is 34.2 Å². The summed E-state index contributed by atoms with van der Waals surface area (Å²) in [5, 5.41) is 2.82. The van der Waals surface area contributed by atoms with Crippen LogP contribution in [0.4, 0.5) is 24.5 Å². The lowest BCUT2D eigenvalue weighted by molar-refractivity contribution is -0.144. The van der Waals surface area contributed by atoms with Gasteiger partial charge in [0.2, 0.25) is 17.6 Å². The zero-order chi connectivity index (χ0) is 31.3. The van der Waals surface area contributed by atoms with Gasteiger partial charge in [0.05, 0.1) is 24.7 Å². The molecule has 0 spiro atoms. The normalized spacial score (nSPS) is 15.4. The molecule has 3 aromatic carbocycles. The zero-order valence-electron chi connectivity index (χ0n) is 24.7. The lowest BCUT2D eigenvalue weighted by atomic mass is 10.1. The summed E-state index contributed by atoms with van der Waals surface area (Å²) < 4.78 is 44.7. The average Bonchev–Trinajstić information content (AvgIpc) is 3.41. The third-order valence-electron chi connectivity index (χ3n) is 7.59. The minimum absolute atomic E-state index is 0.0379. The van der Waals surface area contributed by atoms with Gasteiger partial charge in [0, 0.05) is 57.6 Å². The Morgan fingerprint density at radius 3 is 2.55 bits per heavy atom. The number of anilines is 2. The monoisotopic (exact) mass is 608 g/mol. The largest absolute Gasteiger partial charge is 0.497 e. The number of nitrogens with one attached hydrogen (secondary N) is 2. The molecule has 2 amide bonds. The van der Waals surface area contributed by atoms with Crippen LogP contribution in [0.3, 0.4) is 0 Å². The number of hydrogen-bond acceptors (Lipinski definition) is 6. The maximum atomic E-state index is 13.3. The molecule has 0 unspecified atom stereocenters. The van der Waals surface area contributed by atoms with Crippen LogP contribution in [0.2, 0.25) is 0 Å². The molecule has 0 saturated carbocycles.